The Morgan fingerprint density at radius 1 is 0.917 bits per heavy atom. The predicted octanol–water partition coefficient (Wildman–Crippen LogP) is 5.05. The second kappa shape index (κ2) is 14.0. The lowest BCUT2D eigenvalue weighted by molar-refractivity contribution is -0.210. The van der Waals surface area contributed by atoms with Gasteiger partial charge >= 0.3 is 29.1 Å². The fourth-order valence-electron chi connectivity index (χ4n) is 7.63. The van der Waals surface area contributed by atoms with Crippen LogP contribution in [-0.2, 0) is 38.7 Å². The van der Waals surface area contributed by atoms with Crippen molar-refractivity contribution in [1.29, 1.82) is 0 Å². The second-order valence-corrected chi connectivity index (χ2v) is 23.3. The molecule has 2 heterocycles. The van der Waals surface area contributed by atoms with Crippen molar-refractivity contribution in [3.8, 4) is 0 Å². The van der Waals surface area contributed by atoms with Gasteiger partial charge in [-0.25, -0.2) is 4.79 Å². The molecule has 264 valence electrons. The zero-order chi connectivity index (χ0) is 35.1. The third-order valence-electron chi connectivity index (χ3n) is 10.2. The van der Waals surface area contributed by atoms with Crippen LogP contribution in [0, 0.1) is 0 Å². The van der Waals surface area contributed by atoms with Crippen LogP contribution in [0.15, 0.2) is 60.7 Å². The van der Waals surface area contributed by atoms with Gasteiger partial charge in [-0.2, -0.15) is 5.48 Å². The average molecular weight is 702 g/mol. The minimum Gasteiger partial charge on any atom is -0.459 e. The zero-order valence-corrected chi connectivity index (χ0v) is 31.2. The zero-order valence-electron chi connectivity index (χ0n) is 29.2. The number of aliphatic hydroxyl groups is 2. The number of carbonyl (C=O) groups is 2. The molecule has 2 saturated heterocycles. The normalized spacial score (nSPS) is 31.0. The quantitative estimate of drug-likeness (QED) is 0.165. The van der Waals surface area contributed by atoms with Gasteiger partial charge in [-0.15, -0.1) is 0 Å². The number of rotatable bonds is 11. The van der Waals surface area contributed by atoms with Crippen molar-refractivity contribution in [1.82, 2.24) is 5.48 Å². The van der Waals surface area contributed by atoms with Crippen LogP contribution in [0.3, 0.4) is 0 Å². The lowest BCUT2D eigenvalue weighted by Gasteiger charge is -2.51. The number of hydrogen-bond acceptors (Lipinski definition) is 11. The molecular formula is C35H51NO10Si2. The SMILES string of the molecule is CC(C)[Si]1(C(C)C)O[C@H]2[C@](O)(COC(=O)c3ccccc3)[C@H](O)[C@H]3OC(=O)C[C@@H](NOCc4ccccc4)[C@]32O[Si](C(C)C)(C(C)C)O1. The van der Waals surface area contributed by atoms with Gasteiger partial charge in [-0.1, -0.05) is 104 Å². The first-order chi connectivity index (χ1) is 22.6. The molecule has 2 aromatic carbocycles. The first kappa shape index (κ1) is 36.8. The van der Waals surface area contributed by atoms with E-state index in [1.54, 1.807) is 30.3 Å². The van der Waals surface area contributed by atoms with Crippen LogP contribution in [0.2, 0.25) is 22.2 Å². The molecule has 13 heteroatoms. The Hall–Kier alpha value is -2.47. The van der Waals surface area contributed by atoms with E-state index in [9.17, 15) is 19.8 Å². The highest BCUT2D eigenvalue weighted by atomic mass is 28.5. The summed E-state index contributed by atoms with van der Waals surface area (Å²) in [5.41, 5.74) is -0.121. The maximum absolute atomic E-state index is 13.3. The van der Waals surface area contributed by atoms with E-state index in [2.05, 4.69) is 33.2 Å². The Morgan fingerprint density at radius 2 is 1.48 bits per heavy atom. The lowest BCUT2D eigenvalue weighted by atomic mass is 9.83. The molecule has 0 aromatic heterocycles. The van der Waals surface area contributed by atoms with E-state index < -0.39 is 71.2 Å². The summed E-state index contributed by atoms with van der Waals surface area (Å²) in [5.74, 6) is -1.30. The van der Waals surface area contributed by atoms with Gasteiger partial charge in [0.1, 0.15) is 24.4 Å². The van der Waals surface area contributed by atoms with Crippen LogP contribution in [0.5, 0.6) is 0 Å². The highest BCUT2D eigenvalue weighted by Gasteiger charge is 2.80. The molecule has 0 unspecified atom stereocenters. The topological polar surface area (TPSA) is 142 Å². The van der Waals surface area contributed by atoms with Gasteiger partial charge < -0.3 is 32.7 Å². The third-order valence-corrected chi connectivity index (χ3v) is 20.5. The van der Waals surface area contributed by atoms with E-state index in [0.717, 1.165) is 5.56 Å². The van der Waals surface area contributed by atoms with Crippen LogP contribution in [-0.4, -0.2) is 81.4 Å². The monoisotopic (exact) mass is 701 g/mol. The molecule has 6 atom stereocenters. The maximum Gasteiger partial charge on any atom is 0.338 e. The maximum atomic E-state index is 13.3. The van der Waals surface area contributed by atoms with E-state index in [4.69, 9.17) is 27.3 Å². The van der Waals surface area contributed by atoms with Crippen molar-refractivity contribution in [2.75, 3.05) is 6.61 Å². The minimum atomic E-state index is -3.39. The Balaban J connectivity index is 1.67. The fraction of sp³-hybridized carbons (Fsp3) is 0.600. The molecule has 2 aromatic rings. The number of benzene rings is 2. The fourth-order valence-corrected chi connectivity index (χ4v) is 19.1. The van der Waals surface area contributed by atoms with E-state index in [1.165, 1.54) is 0 Å². The summed E-state index contributed by atoms with van der Waals surface area (Å²) in [6.45, 7) is 15.9. The van der Waals surface area contributed by atoms with Gasteiger partial charge in [0.2, 0.25) is 0 Å². The summed E-state index contributed by atoms with van der Waals surface area (Å²) < 4.78 is 33.8. The van der Waals surface area contributed by atoms with Crippen molar-refractivity contribution in [3.05, 3.63) is 71.8 Å². The van der Waals surface area contributed by atoms with Gasteiger partial charge in [-0.3, -0.25) is 9.63 Å². The summed E-state index contributed by atoms with van der Waals surface area (Å²) in [4.78, 5) is 32.5. The van der Waals surface area contributed by atoms with Crippen LogP contribution in [0.4, 0.5) is 0 Å². The van der Waals surface area contributed by atoms with E-state index in [1.807, 2.05) is 58.0 Å². The molecular weight excluding hydrogens is 651 g/mol. The van der Waals surface area contributed by atoms with Crippen molar-refractivity contribution in [3.63, 3.8) is 0 Å². The summed E-state index contributed by atoms with van der Waals surface area (Å²) in [7, 11) is -6.76. The number of hydroxylamine groups is 1. The highest BCUT2D eigenvalue weighted by molar-refractivity contribution is 6.84. The van der Waals surface area contributed by atoms with E-state index in [0.29, 0.717) is 0 Å². The highest BCUT2D eigenvalue weighted by Crippen LogP contribution is 2.58. The predicted molar refractivity (Wildman–Crippen MR) is 182 cm³/mol. The summed E-state index contributed by atoms with van der Waals surface area (Å²) in [6, 6.07) is 17.0. The molecule has 2 aliphatic heterocycles. The Morgan fingerprint density at radius 3 is 2.04 bits per heavy atom. The molecule has 0 radical (unpaired) electrons. The number of carbonyl (C=O) groups excluding carboxylic acids is 2. The van der Waals surface area contributed by atoms with E-state index >= 15 is 0 Å². The molecule has 0 bridgehead atoms. The van der Waals surface area contributed by atoms with Crippen molar-refractivity contribution >= 4 is 29.1 Å². The smallest absolute Gasteiger partial charge is 0.338 e. The summed E-state index contributed by atoms with van der Waals surface area (Å²) in [6.07, 6.45) is -4.69. The van der Waals surface area contributed by atoms with Gasteiger partial charge in [0.25, 0.3) is 0 Å². The van der Waals surface area contributed by atoms with Crippen LogP contribution < -0.4 is 5.48 Å². The molecule has 1 saturated carbocycles. The van der Waals surface area contributed by atoms with Gasteiger partial charge in [0.05, 0.1) is 24.6 Å². The first-order valence-corrected chi connectivity index (χ1v) is 20.9. The number of ether oxygens (including phenoxy) is 2. The molecule has 5 rings (SSSR count). The van der Waals surface area contributed by atoms with Crippen LogP contribution in [0.1, 0.15) is 77.7 Å². The Bertz CT molecular complexity index is 1410. The largest absolute Gasteiger partial charge is 0.459 e. The van der Waals surface area contributed by atoms with E-state index in [-0.39, 0.29) is 40.8 Å². The van der Waals surface area contributed by atoms with Gasteiger partial charge in [0, 0.05) is 0 Å². The number of esters is 2. The molecule has 1 aliphatic carbocycles. The molecule has 3 N–H and O–H groups in total. The van der Waals surface area contributed by atoms with Gasteiger partial charge in [-0.05, 0) is 39.9 Å². The Labute approximate surface area is 285 Å². The molecule has 3 fully saturated rings. The van der Waals surface area contributed by atoms with Crippen molar-refractivity contribution in [2.24, 2.45) is 0 Å². The molecule has 3 aliphatic rings. The minimum absolute atomic E-state index is 0.107. The number of aliphatic hydroxyl groups excluding tert-OH is 1. The lowest BCUT2D eigenvalue weighted by Crippen LogP contribution is -2.72. The third kappa shape index (κ3) is 6.22. The molecule has 48 heavy (non-hydrogen) atoms. The molecule has 1 spiro atoms. The summed E-state index contributed by atoms with van der Waals surface area (Å²) >= 11 is 0. The van der Waals surface area contributed by atoms with Crippen LogP contribution in [0.25, 0.3) is 0 Å². The van der Waals surface area contributed by atoms with Crippen LogP contribution >= 0.6 is 0 Å². The number of nitrogens with one attached hydrogen (secondary N) is 1. The van der Waals surface area contributed by atoms with Crippen molar-refractivity contribution in [2.45, 2.75) is 126 Å². The van der Waals surface area contributed by atoms with Gasteiger partial charge in [0.15, 0.2) is 11.7 Å². The molecule has 11 nitrogen and oxygen atoms in total. The first-order valence-electron chi connectivity index (χ1n) is 17.0. The Kier molecular flexibility index (Phi) is 10.8. The average Bonchev–Trinajstić information content (AvgIpc) is 3.15. The number of hydrogen-bond donors (Lipinski definition) is 3. The second-order valence-electron chi connectivity index (χ2n) is 14.6. The molecule has 0 amide bonds. The standard InChI is InChI=1S/C35H51NO10Si2/c1-22(2)47(23(3)4)44-33-34(40,21-41-32(39)27-17-13-10-14-18-27)30(38)31-35(33,45-48(46-47,24(5)6)25(7)8)28(19-29(37)43-31)36-42-20-26-15-11-9-12-16-26/h9-18,22-25,28,30-31,33,36,38,40H,19-21H2,1-8H3/t28-,30-,31-,33+,34+,35+/m1/s1. The summed E-state index contributed by atoms with van der Waals surface area (Å²) in [5, 5.41) is 24.9. The van der Waals surface area contributed by atoms with Crippen molar-refractivity contribution < 1.29 is 47.1 Å².